The molecule has 0 bridgehead atoms. The van der Waals surface area contributed by atoms with Crippen molar-refractivity contribution in [3.8, 4) is 0 Å². The molecule has 0 radical (unpaired) electrons. The van der Waals surface area contributed by atoms with Crippen molar-refractivity contribution < 1.29 is 0 Å². The first-order valence-electron chi connectivity index (χ1n) is 5.78. The Labute approximate surface area is 100 Å². The third-order valence-electron chi connectivity index (χ3n) is 2.84. The highest BCUT2D eigenvalue weighted by Gasteiger charge is 2.19. The number of piperazine rings is 1. The van der Waals surface area contributed by atoms with Crippen molar-refractivity contribution >= 4 is 22.3 Å². The lowest BCUT2D eigenvalue weighted by molar-refractivity contribution is 0.376. The van der Waals surface area contributed by atoms with Gasteiger partial charge in [-0.3, -0.25) is 5.41 Å². The zero-order valence-electron chi connectivity index (χ0n) is 9.65. The Hall–Kier alpha value is -1.10. The predicted molar refractivity (Wildman–Crippen MR) is 68.5 cm³/mol. The van der Waals surface area contributed by atoms with Gasteiger partial charge in [-0.2, -0.15) is 0 Å². The number of thiazole rings is 1. The van der Waals surface area contributed by atoms with Crippen LogP contribution in [0.5, 0.6) is 0 Å². The van der Waals surface area contributed by atoms with Crippen molar-refractivity contribution in [2.45, 2.75) is 19.8 Å². The van der Waals surface area contributed by atoms with Gasteiger partial charge in [-0.25, -0.2) is 4.98 Å². The van der Waals surface area contributed by atoms with Crippen LogP contribution in [0, 0.1) is 5.41 Å². The molecule has 0 unspecified atom stereocenters. The van der Waals surface area contributed by atoms with Gasteiger partial charge < -0.3 is 9.80 Å². The molecule has 4 nitrogen and oxygen atoms in total. The molecule has 0 aromatic carbocycles. The second kappa shape index (κ2) is 5.30. The molecule has 0 atom stereocenters. The maximum absolute atomic E-state index is 7.92. The van der Waals surface area contributed by atoms with E-state index in [1.165, 1.54) is 0 Å². The minimum Gasteiger partial charge on any atom is -0.357 e. The molecule has 1 aliphatic heterocycles. The number of amidine groups is 1. The SMILES string of the molecule is CCCC(=N)N1CCN(c2nccs2)CC1. The Bertz CT molecular complexity index is 328. The Morgan fingerprint density at radius 1 is 1.44 bits per heavy atom. The molecular formula is C11H18N4S. The zero-order valence-corrected chi connectivity index (χ0v) is 10.5. The minimum atomic E-state index is 0.793. The third-order valence-corrected chi connectivity index (χ3v) is 3.67. The second-order valence-electron chi connectivity index (χ2n) is 3.99. The van der Waals surface area contributed by atoms with Crippen LogP contribution in [0.1, 0.15) is 19.8 Å². The average Bonchev–Trinajstić information content (AvgIpc) is 2.83. The smallest absolute Gasteiger partial charge is 0.185 e. The fraction of sp³-hybridized carbons (Fsp3) is 0.636. The Kier molecular flexibility index (Phi) is 3.77. The summed E-state index contributed by atoms with van der Waals surface area (Å²) in [7, 11) is 0. The fourth-order valence-electron chi connectivity index (χ4n) is 1.93. The summed E-state index contributed by atoms with van der Waals surface area (Å²) in [5, 5.41) is 11.0. The van der Waals surface area contributed by atoms with E-state index in [-0.39, 0.29) is 0 Å². The summed E-state index contributed by atoms with van der Waals surface area (Å²) >= 11 is 1.69. The summed E-state index contributed by atoms with van der Waals surface area (Å²) in [6, 6.07) is 0. The van der Waals surface area contributed by atoms with Gasteiger partial charge in [0.15, 0.2) is 5.13 Å². The van der Waals surface area contributed by atoms with Crippen LogP contribution >= 0.6 is 11.3 Å². The standard InChI is InChI=1S/C11H18N4S/c1-2-3-10(12)14-5-7-15(8-6-14)11-13-4-9-16-11/h4,9,12H,2-3,5-8H2,1H3. The molecule has 1 saturated heterocycles. The van der Waals surface area contributed by atoms with Crippen molar-refractivity contribution in [1.29, 1.82) is 5.41 Å². The lowest BCUT2D eigenvalue weighted by Crippen LogP contribution is -2.48. The van der Waals surface area contributed by atoms with E-state index in [2.05, 4.69) is 21.7 Å². The van der Waals surface area contributed by atoms with Crippen LogP contribution < -0.4 is 4.90 Å². The quantitative estimate of drug-likeness (QED) is 0.647. The molecule has 1 aromatic heterocycles. The lowest BCUT2D eigenvalue weighted by Gasteiger charge is -2.36. The maximum Gasteiger partial charge on any atom is 0.185 e. The van der Waals surface area contributed by atoms with E-state index >= 15 is 0 Å². The van der Waals surface area contributed by atoms with Crippen molar-refractivity contribution in [3.05, 3.63) is 11.6 Å². The molecule has 0 aliphatic carbocycles. The molecule has 16 heavy (non-hydrogen) atoms. The van der Waals surface area contributed by atoms with E-state index in [1.807, 2.05) is 11.6 Å². The summed E-state index contributed by atoms with van der Waals surface area (Å²) in [6.07, 6.45) is 3.81. The molecule has 1 aliphatic rings. The molecule has 1 fully saturated rings. The van der Waals surface area contributed by atoms with Gasteiger partial charge >= 0.3 is 0 Å². The van der Waals surface area contributed by atoms with Crippen molar-refractivity contribution in [2.24, 2.45) is 0 Å². The Morgan fingerprint density at radius 2 is 2.19 bits per heavy atom. The van der Waals surface area contributed by atoms with Crippen LogP contribution in [-0.4, -0.2) is 41.9 Å². The van der Waals surface area contributed by atoms with E-state index in [9.17, 15) is 0 Å². The van der Waals surface area contributed by atoms with Crippen LogP contribution in [0.3, 0.4) is 0 Å². The summed E-state index contributed by atoms with van der Waals surface area (Å²) in [5.41, 5.74) is 0. The normalized spacial score (nSPS) is 16.6. The first kappa shape index (κ1) is 11.4. The molecular weight excluding hydrogens is 220 g/mol. The summed E-state index contributed by atoms with van der Waals surface area (Å²) < 4.78 is 0. The van der Waals surface area contributed by atoms with E-state index < -0.39 is 0 Å². The molecule has 2 rings (SSSR count). The summed E-state index contributed by atoms with van der Waals surface area (Å²) in [4.78, 5) is 8.81. The molecule has 0 spiro atoms. The van der Waals surface area contributed by atoms with E-state index in [0.29, 0.717) is 0 Å². The van der Waals surface area contributed by atoms with E-state index in [4.69, 9.17) is 5.41 Å². The van der Waals surface area contributed by atoms with Gasteiger partial charge in [0.2, 0.25) is 0 Å². The predicted octanol–water partition coefficient (Wildman–Crippen LogP) is 2.04. The van der Waals surface area contributed by atoms with E-state index in [1.54, 1.807) is 11.3 Å². The Morgan fingerprint density at radius 3 is 2.75 bits per heavy atom. The van der Waals surface area contributed by atoms with Gasteiger partial charge in [-0.1, -0.05) is 6.92 Å². The largest absolute Gasteiger partial charge is 0.357 e. The lowest BCUT2D eigenvalue weighted by atomic mass is 10.2. The van der Waals surface area contributed by atoms with Crippen LogP contribution in [0.4, 0.5) is 5.13 Å². The number of aromatic nitrogens is 1. The van der Waals surface area contributed by atoms with Crippen LogP contribution in [0.2, 0.25) is 0 Å². The summed E-state index contributed by atoms with van der Waals surface area (Å²) in [6.45, 7) is 6.01. The van der Waals surface area contributed by atoms with Crippen molar-refractivity contribution in [1.82, 2.24) is 9.88 Å². The van der Waals surface area contributed by atoms with E-state index in [0.717, 1.165) is 50.0 Å². The number of anilines is 1. The topological polar surface area (TPSA) is 43.2 Å². The van der Waals surface area contributed by atoms with Crippen LogP contribution in [-0.2, 0) is 0 Å². The number of nitrogens with one attached hydrogen (secondary N) is 1. The number of hydrogen-bond donors (Lipinski definition) is 1. The molecule has 5 heteroatoms. The molecule has 2 heterocycles. The maximum atomic E-state index is 7.92. The highest BCUT2D eigenvalue weighted by Crippen LogP contribution is 2.19. The zero-order chi connectivity index (χ0) is 11.4. The number of hydrogen-bond acceptors (Lipinski definition) is 4. The van der Waals surface area contributed by atoms with Crippen LogP contribution in [0.15, 0.2) is 11.6 Å². The van der Waals surface area contributed by atoms with Crippen molar-refractivity contribution in [2.75, 3.05) is 31.1 Å². The first-order valence-corrected chi connectivity index (χ1v) is 6.66. The van der Waals surface area contributed by atoms with Gasteiger partial charge in [-0.05, 0) is 6.42 Å². The van der Waals surface area contributed by atoms with Gasteiger partial charge in [0.1, 0.15) is 0 Å². The third kappa shape index (κ3) is 2.52. The van der Waals surface area contributed by atoms with Gasteiger partial charge in [0, 0.05) is 44.2 Å². The number of rotatable bonds is 3. The summed E-state index contributed by atoms with van der Waals surface area (Å²) in [5.74, 6) is 0.793. The average molecular weight is 238 g/mol. The first-order chi connectivity index (χ1) is 7.81. The molecule has 0 saturated carbocycles. The Balaban J connectivity index is 1.85. The molecule has 88 valence electrons. The highest BCUT2D eigenvalue weighted by atomic mass is 32.1. The highest BCUT2D eigenvalue weighted by molar-refractivity contribution is 7.13. The van der Waals surface area contributed by atoms with Gasteiger partial charge in [0.05, 0.1) is 5.84 Å². The van der Waals surface area contributed by atoms with Crippen molar-refractivity contribution in [3.63, 3.8) is 0 Å². The molecule has 1 N–H and O–H groups in total. The van der Waals surface area contributed by atoms with Crippen LogP contribution in [0.25, 0.3) is 0 Å². The fourth-order valence-corrected chi connectivity index (χ4v) is 2.63. The molecule has 1 aromatic rings. The minimum absolute atomic E-state index is 0.793. The molecule has 0 amide bonds. The van der Waals surface area contributed by atoms with Gasteiger partial charge in [-0.15, -0.1) is 11.3 Å². The second-order valence-corrected chi connectivity index (χ2v) is 4.86. The monoisotopic (exact) mass is 238 g/mol. The van der Waals surface area contributed by atoms with Gasteiger partial charge in [0.25, 0.3) is 0 Å². The number of nitrogens with zero attached hydrogens (tertiary/aromatic N) is 3.